The van der Waals surface area contributed by atoms with Crippen molar-refractivity contribution in [2.75, 3.05) is 18.0 Å². The minimum absolute atomic E-state index is 0.0541. The van der Waals surface area contributed by atoms with Gasteiger partial charge in [-0.15, -0.1) is 0 Å². The number of anilines is 1. The number of carbonyl (C=O) groups is 2. The van der Waals surface area contributed by atoms with Crippen LogP contribution in [-0.2, 0) is 26.2 Å². The summed E-state index contributed by atoms with van der Waals surface area (Å²) in [7, 11) is -2.71. The molecule has 0 aliphatic heterocycles. The van der Waals surface area contributed by atoms with Gasteiger partial charge in [0.2, 0.25) is 11.8 Å². The average Bonchev–Trinajstić information content (AvgIpc) is 3.48. The molecule has 4 rings (SSSR count). The maximum Gasteiger partial charge on any atom is 0.264 e. The highest BCUT2D eigenvalue weighted by Gasteiger charge is 2.34. The highest BCUT2D eigenvalue weighted by Crippen LogP contribution is 2.32. The molecule has 0 saturated heterocycles. The molecule has 8 nitrogen and oxygen atoms in total. The zero-order valence-corrected chi connectivity index (χ0v) is 24.1. The molecule has 3 aromatic rings. The molecule has 1 atom stereocenters. The number of rotatable bonds is 11. The van der Waals surface area contributed by atoms with E-state index < -0.39 is 28.5 Å². The number of nitrogens with zero attached hydrogens (tertiary/aromatic N) is 2. The van der Waals surface area contributed by atoms with Crippen LogP contribution in [0, 0.1) is 6.92 Å². The van der Waals surface area contributed by atoms with Gasteiger partial charge in [-0.3, -0.25) is 13.9 Å². The highest BCUT2D eigenvalue weighted by molar-refractivity contribution is 7.92. The molecule has 9 heteroatoms. The summed E-state index contributed by atoms with van der Waals surface area (Å²) in [6, 6.07) is 21.8. The minimum atomic E-state index is -4.16. The maximum absolute atomic E-state index is 14.0. The van der Waals surface area contributed by atoms with Gasteiger partial charge < -0.3 is 15.0 Å². The molecule has 0 bridgehead atoms. The monoisotopic (exact) mass is 563 g/mol. The van der Waals surface area contributed by atoms with Crippen molar-refractivity contribution in [2.24, 2.45) is 0 Å². The standard InChI is InChI=1S/C31H37N3O5S/c1-23-17-19-27(20-18-23)40(37,38)34(28-15-9-10-16-29(28)39-3)22-30(35)33(21-25-11-5-4-6-12-25)24(2)31(36)32-26-13-7-8-14-26/h4-6,9-12,15-20,24,26H,7-8,13-14,21-22H2,1-3H3,(H,32,36)/t24-/m0/s1. The summed E-state index contributed by atoms with van der Waals surface area (Å²) in [5.74, 6) is -0.437. The number of para-hydroxylation sites is 2. The molecule has 2 amide bonds. The van der Waals surface area contributed by atoms with Crippen LogP contribution < -0.4 is 14.4 Å². The van der Waals surface area contributed by atoms with E-state index >= 15 is 0 Å². The Balaban J connectivity index is 1.70. The third-order valence-corrected chi connectivity index (χ3v) is 9.08. The number of aryl methyl sites for hydroxylation is 1. The summed E-state index contributed by atoms with van der Waals surface area (Å²) in [6.07, 6.45) is 3.97. The van der Waals surface area contributed by atoms with Gasteiger partial charge in [0.15, 0.2) is 0 Å². The fourth-order valence-electron chi connectivity index (χ4n) is 4.94. The van der Waals surface area contributed by atoms with E-state index in [1.807, 2.05) is 37.3 Å². The van der Waals surface area contributed by atoms with Crippen LogP contribution in [0.4, 0.5) is 5.69 Å². The first-order valence-electron chi connectivity index (χ1n) is 13.6. The van der Waals surface area contributed by atoms with Crippen LogP contribution in [0.15, 0.2) is 83.8 Å². The normalized spacial score (nSPS) is 14.4. The zero-order valence-electron chi connectivity index (χ0n) is 23.2. The third-order valence-electron chi connectivity index (χ3n) is 7.31. The zero-order chi connectivity index (χ0) is 28.7. The molecular weight excluding hydrogens is 526 g/mol. The second-order valence-corrected chi connectivity index (χ2v) is 12.0. The van der Waals surface area contributed by atoms with Gasteiger partial charge in [-0.05, 0) is 56.5 Å². The van der Waals surface area contributed by atoms with Crippen molar-refractivity contribution < 1.29 is 22.7 Å². The fourth-order valence-corrected chi connectivity index (χ4v) is 6.37. The van der Waals surface area contributed by atoms with E-state index in [0.717, 1.165) is 41.1 Å². The molecule has 1 N–H and O–H groups in total. The molecule has 1 aliphatic rings. The molecule has 0 spiro atoms. The van der Waals surface area contributed by atoms with Gasteiger partial charge >= 0.3 is 0 Å². The summed E-state index contributed by atoms with van der Waals surface area (Å²) >= 11 is 0. The number of carbonyl (C=O) groups excluding carboxylic acids is 2. The summed E-state index contributed by atoms with van der Waals surface area (Å²) in [6.45, 7) is 3.21. The van der Waals surface area contributed by atoms with Gasteiger partial charge in [-0.25, -0.2) is 8.42 Å². The Morgan fingerprint density at radius 1 is 0.950 bits per heavy atom. The number of ether oxygens (including phenoxy) is 1. The quantitative estimate of drug-likeness (QED) is 0.366. The van der Waals surface area contributed by atoms with Gasteiger partial charge in [0.1, 0.15) is 18.3 Å². The van der Waals surface area contributed by atoms with Gasteiger partial charge in [0.25, 0.3) is 10.0 Å². The number of methoxy groups -OCH3 is 1. The van der Waals surface area contributed by atoms with Crippen molar-refractivity contribution in [3.63, 3.8) is 0 Å². The second-order valence-electron chi connectivity index (χ2n) is 10.2. The lowest BCUT2D eigenvalue weighted by Gasteiger charge is -2.32. The topological polar surface area (TPSA) is 96.0 Å². The van der Waals surface area contributed by atoms with Gasteiger partial charge in [0.05, 0.1) is 17.7 Å². The molecule has 212 valence electrons. The molecule has 40 heavy (non-hydrogen) atoms. The Morgan fingerprint density at radius 3 is 2.23 bits per heavy atom. The van der Waals surface area contributed by atoms with Crippen LogP contribution >= 0.6 is 0 Å². The number of amides is 2. The van der Waals surface area contributed by atoms with Crippen molar-refractivity contribution >= 4 is 27.5 Å². The van der Waals surface area contributed by atoms with E-state index in [4.69, 9.17) is 4.74 Å². The van der Waals surface area contributed by atoms with Crippen molar-refractivity contribution in [2.45, 2.75) is 63.1 Å². The van der Waals surface area contributed by atoms with E-state index in [1.54, 1.807) is 43.3 Å². The van der Waals surface area contributed by atoms with Gasteiger partial charge in [-0.1, -0.05) is 73.0 Å². The van der Waals surface area contributed by atoms with E-state index in [-0.39, 0.29) is 29.1 Å². The summed E-state index contributed by atoms with van der Waals surface area (Å²) in [5.41, 5.74) is 1.98. The lowest BCUT2D eigenvalue weighted by Crippen LogP contribution is -2.52. The smallest absolute Gasteiger partial charge is 0.264 e. The first-order chi connectivity index (χ1) is 19.2. The fraction of sp³-hybridized carbons (Fsp3) is 0.355. The Hall–Kier alpha value is -3.85. The second kappa shape index (κ2) is 13.0. The predicted octanol–water partition coefficient (Wildman–Crippen LogP) is 4.68. The van der Waals surface area contributed by atoms with Crippen molar-refractivity contribution in [3.05, 3.63) is 90.0 Å². The Labute approximate surface area is 237 Å². The molecule has 1 aliphatic carbocycles. The summed E-state index contributed by atoms with van der Waals surface area (Å²) < 4.78 is 34.5. The largest absolute Gasteiger partial charge is 0.495 e. The molecule has 3 aromatic carbocycles. The molecule has 1 fully saturated rings. The Kier molecular flexibility index (Phi) is 9.47. The molecule has 0 heterocycles. The average molecular weight is 564 g/mol. The van der Waals surface area contributed by atoms with Gasteiger partial charge in [-0.2, -0.15) is 0 Å². The van der Waals surface area contributed by atoms with E-state index in [1.165, 1.54) is 24.1 Å². The summed E-state index contributed by atoms with van der Waals surface area (Å²) in [4.78, 5) is 28.8. The van der Waals surface area contributed by atoms with Crippen molar-refractivity contribution in [1.82, 2.24) is 10.2 Å². The SMILES string of the molecule is COc1ccccc1N(CC(=O)N(Cc1ccccc1)[C@@H](C)C(=O)NC1CCCC1)S(=O)(=O)c1ccc(C)cc1. The number of hydrogen-bond acceptors (Lipinski definition) is 5. The van der Waals surface area contributed by atoms with Crippen LogP contribution in [0.25, 0.3) is 0 Å². The van der Waals surface area contributed by atoms with Crippen molar-refractivity contribution in [1.29, 1.82) is 0 Å². The van der Waals surface area contributed by atoms with E-state index in [0.29, 0.717) is 5.75 Å². The molecule has 1 saturated carbocycles. The highest BCUT2D eigenvalue weighted by atomic mass is 32.2. The van der Waals surface area contributed by atoms with E-state index in [2.05, 4.69) is 5.32 Å². The van der Waals surface area contributed by atoms with Crippen LogP contribution in [0.5, 0.6) is 5.75 Å². The molecule has 0 radical (unpaired) electrons. The number of benzene rings is 3. The first kappa shape index (κ1) is 29.1. The number of hydrogen-bond donors (Lipinski definition) is 1. The third kappa shape index (κ3) is 6.83. The van der Waals surface area contributed by atoms with Crippen LogP contribution in [0.1, 0.15) is 43.7 Å². The van der Waals surface area contributed by atoms with Crippen LogP contribution in [-0.4, -0.2) is 50.9 Å². The molecular formula is C31H37N3O5S. The predicted molar refractivity (Wildman–Crippen MR) is 156 cm³/mol. The minimum Gasteiger partial charge on any atom is -0.495 e. The van der Waals surface area contributed by atoms with Gasteiger partial charge in [0, 0.05) is 12.6 Å². The lowest BCUT2D eigenvalue weighted by molar-refractivity contribution is -0.139. The first-order valence-corrected chi connectivity index (χ1v) is 15.0. The number of sulfonamides is 1. The molecule has 0 aromatic heterocycles. The molecule has 0 unspecified atom stereocenters. The lowest BCUT2D eigenvalue weighted by atomic mass is 10.1. The van der Waals surface area contributed by atoms with Crippen LogP contribution in [0.3, 0.4) is 0 Å². The van der Waals surface area contributed by atoms with Crippen LogP contribution in [0.2, 0.25) is 0 Å². The maximum atomic E-state index is 14.0. The summed E-state index contributed by atoms with van der Waals surface area (Å²) in [5, 5.41) is 3.08. The number of nitrogens with one attached hydrogen (secondary N) is 1. The van der Waals surface area contributed by atoms with E-state index in [9.17, 15) is 18.0 Å². The Bertz CT molecular complexity index is 1400. The Morgan fingerprint density at radius 2 is 1.57 bits per heavy atom. The van der Waals surface area contributed by atoms with Crippen molar-refractivity contribution in [3.8, 4) is 5.75 Å².